The molecule has 0 saturated heterocycles. The van der Waals surface area contributed by atoms with E-state index in [9.17, 15) is 14.4 Å². The van der Waals surface area contributed by atoms with E-state index in [-0.39, 0.29) is 26.4 Å². The molecule has 1 aromatic carbocycles. The van der Waals surface area contributed by atoms with E-state index in [2.05, 4.69) is 16.1 Å². The summed E-state index contributed by atoms with van der Waals surface area (Å²) in [4.78, 5) is 33.8. The Morgan fingerprint density at radius 2 is 1.57 bits per heavy atom. The normalized spacial score (nSPS) is 9.91. The van der Waals surface area contributed by atoms with E-state index < -0.39 is 31.1 Å². The van der Waals surface area contributed by atoms with Crippen molar-refractivity contribution in [1.82, 2.24) is 0 Å². The van der Waals surface area contributed by atoms with Crippen molar-refractivity contribution < 1.29 is 28.6 Å². The predicted molar refractivity (Wildman–Crippen MR) is 83.8 cm³/mol. The lowest BCUT2D eigenvalue weighted by molar-refractivity contribution is -0.167. The van der Waals surface area contributed by atoms with Crippen molar-refractivity contribution >= 4 is 52.7 Å². The van der Waals surface area contributed by atoms with Gasteiger partial charge in [-0.1, -0.05) is 41.4 Å². The molecule has 9 heteroatoms. The first-order valence-corrected chi connectivity index (χ1v) is 7.17. The fraction of sp³-hybridized carbons (Fsp3) is 0.214. The molecular weight excluding hydrogens is 371 g/mol. The van der Waals surface area contributed by atoms with Gasteiger partial charge >= 0.3 is 17.9 Å². The monoisotopic (exact) mass is 380 g/mol. The van der Waals surface area contributed by atoms with Crippen LogP contribution in [0.2, 0.25) is 15.1 Å². The molecule has 0 N–H and O–H groups in total. The lowest BCUT2D eigenvalue weighted by Crippen LogP contribution is -2.23. The van der Waals surface area contributed by atoms with Crippen LogP contribution in [-0.2, 0) is 23.9 Å². The molecule has 0 unspecified atom stereocenters. The van der Waals surface area contributed by atoms with E-state index in [1.165, 1.54) is 19.1 Å². The zero-order chi connectivity index (χ0) is 17.6. The Morgan fingerprint density at radius 1 is 1.00 bits per heavy atom. The van der Waals surface area contributed by atoms with Gasteiger partial charge in [-0.05, 0) is 13.0 Å². The molecular formula is C14H11Cl3O6. The lowest BCUT2D eigenvalue weighted by Gasteiger charge is -2.09. The van der Waals surface area contributed by atoms with E-state index in [1.807, 2.05) is 0 Å². The van der Waals surface area contributed by atoms with E-state index in [4.69, 9.17) is 39.5 Å². The molecule has 1 aromatic rings. The number of hydrogen-bond acceptors (Lipinski definition) is 6. The maximum absolute atomic E-state index is 11.4. The Kier molecular flexibility index (Phi) is 7.35. The topological polar surface area (TPSA) is 78.9 Å². The summed E-state index contributed by atoms with van der Waals surface area (Å²) in [6.45, 7) is 3.43. The van der Waals surface area contributed by atoms with Gasteiger partial charge in [0.15, 0.2) is 13.2 Å². The molecule has 6 nitrogen and oxygen atoms in total. The second kappa shape index (κ2) is 8.76. The zero-order valence-corrected chi connectivity index (χ0v) is 14.1. The second-order valence-corrected chi connectivity index (χ2v) is 5.41. The highest BCUT2D eigenvalue weighted by molar-refractivity contribution is 6.43. The summed E-state index contributed by atoms with van der Waals surface area (Å²) < 4.78 is 14.0. The molecule has 0 amide bonds. The maximum Gasteiger partial charge on any atom is 0.352 e. The number of halogens is 3. The van der Waals surface area contributed by atoms with Gasteiger partial charge in [-0.2, -0.15) is 0 Å². The highest BCUT2D eigenvalue weighted by atomic mass is 35.5. The summed E-state index contributed by atoms with van der Waals surface area (Å²) in [6.07, 6.45) is 0. The van der Waals surface area contributed by atoms with Gasteiger partial charge in [0.05, 0.1) is 15.1 Å². The third-order valence-corrected chi connectivity index (χ3v) is 3.24. The summed E-state index contributed by atoms with van der Waals surface area (Å²) in [5, 5.41) is 0.539. The molecule has 124 valence electrons. The summed E-state index contributed by atoms with van der Waals surface area (Å²) in [5.41, 5.74) is 0.113. The Hall–Kier alpha value is -1.76. The first kappa shape index (κ1) is 19.3. The molecule has 0 radical (unpaired) electrons. The minimum atomic E-state index is -1.05. The van der Waals surface area contributed by atoms with E-state index in [0.717, 1.165) is 0 Å². The van der Waals surface area contributed by atoms with Crippen molar-refractivity contribution in [2.75, 3.05) is 13.2 Å². The highest BCUT2D eigenvalue weighted by Crippen LogP contribution is 2.33. The van der Waals surface area contributed by atoms with Crippen LogP contribution in [0.3, 0.4) is 0 Å². The average molecular weight is 382 g/mol. The molecule has 0 bridgehead atoms. The van der Waals surface area contributed by atoms with Crippen LogP contribution >= 0.6 is 34.8 Å². The summed E-state index contributed by atoms with van der Waals surface area (Å²) in [7, 11) is 0. The Labute approximate surface area is 146 Å². The number of rotatable bonds is 6. The van der Waals surface area contributed by atoms with Gasteiger partial charge < -0.3 is 14.2 Å². The van der Waals surface area contributed by atoms with Crippen LogP contribution in [-0.4, -0.2) is 31.1 Å². The second-order valence-electron chi connectivity index (χ2n) is 4.19. The lowest BCUT2D eigenvalue weighted by atomic mass is 10.3. The third kappa shape index (κ3) is 6.48. The molecule has 0 aliphatic heterocycles. The molecule has 0 heterocycles. The quantitative estimate of drug-likeness (QED) is 0.326. The minimum Gasteiger partial charge on any atom is -0.480 e. The number of esters is 3. The van der Waals surface area contributed by atoms with Crippen LogP contribution in [0.25, 0.3) is 0 Å². The first-order valence-electron chi connectivity index (χ1n) is 6.04. The van der Waals surface area contributed by atoms with Gasteiger partial charge in [0, 0.05) is 11.6 Å². The van der Waals surface area contributed by atoms with Crippen molar-refractivity contribution in [2.24, 2.45) is 0 Å². The molecule has 0 fully saturated rings. The van der Waals surface area contributed by atoms with Crippen LogP contribution < -0.4 is 4.74 Å². The van der Waals surface area contributed by atoms with Gasteiger partial charge in [0.1, 0.15) is 5.75 Å². The van der Waals surface area contributed by atoms with Crippen molar-refractivity contribution in [2.45, 2.75) is 6.92 Å². The van der Waals surface area contributed by atoms with Gasteiger partial charge in [-0.15, -0.1) is 0 Å². The third-order valence-electron chi connectivity index (χ3n) is 2.22. The number of carbonyl (C=O) groups is 3. The summed E-state index contributed by atoms with van der Waals surface area (Å²) >= 11 is 17.4. The van der Waals surface area contributed by atoms with Crippen LogP contribution in [0.1, 0.15) is 6.92 Å². The number of ether oxygens (including phenoxy) is 3. The van der Waals surface area contributed by atoms with Gasteiger partial charge in [-0.25, -0.2) is 14.4 Å². The molecule has 0 aromatic heterocycles. The van der Waals surface area contributed by atoms with Crippen molar-refractivity contribution in [3.63, 3.8) is 0 Å². The van der Waals surface area contributed by atoms with Crippen LogP contribution in [0.15, 0.2) is 24.3 Å². The molecule has 0 aliphatic carbocycles. The predicted octanol–water partition coefficient (Wildman–Crippen LogP) is 3.21. The molecule has 0 spiro atoms. The van der Waals surface area contributed by atoms with Crippen molar-refractivity contribution in [3.8, 4) is 5.75 Å². The summed E-state index contributed by atoms with van der Waals surface area (Å²) in [5.74, 6) is -2.72. The Morgan fingerprint density at radius 3 is 2.17 bits per heavy atom. The standard InChI is InChI=1S/C14H11Cl3O6/c1-7(2)14(20)22-6-13(19)23-12(18)5-21-11-4-9(16)8(15)3-10(11)17/h3-4H,1,5-6H2,2H3. The van der Waals surface area contributed by atoms with Crippen LogP contribution in [0.4, 0.5) is 0 Å². The molecule has 0 aliphatic rings. The van der Waals surface area contributed by atoms with Gasteiger partial charge in [-0.3, -0.25) is 0 Å². The number of carbonyl (C=O) groups excluding carboxylic acids is 3. The molecule has 0 saturated carbocycles. The SMILES string of the molecule is C=C(C)C(=O)OCC(=O)OC(=O)COc1cc(Cl)c(Cl)cc1Cl. The van der Waals surface area contributed by atoms with E-state index in [1.54, 1.807) is 0 Å². The van der Waals surface area contributed by atoms with Gasteiger partial charge in [0.2, 0.25) is 0 Å². The fourth-order valence-corrected chi connectivity index (χ4v) is 1.78. The zero-order valence-electron chi connectivity index (χ0n) is 11.9. The van der Waals surface area contributed by atoms with Gasteiger partial charge in [0.25, 0.3) is 0 Å². The Balaban J connectivity index is 2.45. The fourth-order valence-electron chi connectivity index (χ4n) is 1.19. The average Bonchev–Trinajstić information content (AvgIpc) is 2.46. The first-order chi connectivity index (χ1) is 10.7. The molecule has 1 rings (SSSR count). The van der Waals surface area contributed by atoms with E-state index >= 15 is 0 Å². The number of benzene rings is 1. The molecule has 23 heavy (non-hydrogen) atoms. The van der Waals surface area contributed by atoms with Crippen LogP contribution in [0.5, 0.6) is 5.75 Å². The Bertz CT molecular complexity index is 656. The van der Waals surface area contributed by atoms with Crippen molar-refractivity contribution in [1.29, 1.82) is 0 Å². The smallest absolute Gasteiger partial charge is 0.352 e. The molecule has 0 atom stereocenters. The summed E-state index contributed by atoms with van der Waals surface area (Å²) in [6, 6.07) is 2.66. The van der Waals surface area contributed by atoms with Crippen LogP contribution in [0, 0.1) is 0 Å². The number of hydrogen-bond donors (Lipinski definition) is 0. The highest BCUT2D eigenvalue weighted by Gasteiger charge is 2.15. The van der Waals surface area contributed by atoms with Crippen molar-refractivity contribution in [3.05, 3.63) is 39.4 Å². The largest absolute Gasteiger partial charge is 0.480 e. The van der Waals surface area contributed by atoms with E-state index in [0.29, 0.717) is 0 Å². The maximum atomic E-state index is 11.4. The minimum absolute atomic E-state index is 0.0965.